The van der Waals surface area contributed by atoms with Crippen LogP contribution in [0.5, 0.6) is 5.88 Å². The molecule has 3 heteroatoms. The highest BCUT2D eigenvalue weighted by atomic mass is 16.5. The van der Waals surface area contributed by atoms with E-state index in [1.807, 2.05) is 6.20 Å². The molecule has 1 aromatic carbocycles. The van der Waals surface area contributed by atoms with Crippen LogP contribution in [0.15, 0.2) is 36.5 Å². The lowest BCUT2D eigenvalue weighted by Crippen LogP contribution is -2.06. The highest BCUT2D eigenvalue weighted by Crippen LogP contribution is 2.31. The summed E-state index contributed by atoms with van der Waals surface area (Å²) in [5.41, 5.74) is 6.27. The first-order chi connectivity index (χ1) is 12.0. The third-order valence-corrected chi connectivity index (χ3v) is 4.91. The van der Waals surface area contributed by atoms with Gasteiger partial charge in [0.1, 0.15) is 5.52 Å². The van der Waals surface area contributed by atoms with E-state index in [1.54, 1.807) is 0 Å². The number of aromatic nitrogens is 2. The van der Waals surface area contributed by atoms with Crippen molar-refractivity contribution in [3.05, 3.63) is 58.9 Å². The normalized spacial score (nSPS) is 11.4. The first-order valence-electron chi connectivity index (χ1n) is 9.10. The summed E-state index contributed by atoms with van der Waals surface area (Å²) in [7, 11) is 0. The number of ether oxygens (including phenoxy) is 1. The third-order valence-electron chi connectivity index (χ3n) is 4.91. The molecule has 132 valence electrons. The Balaban J connectivity index is 2.01. The maximum atomic E-state index is 6.06. The SMILES string of the molecule is Cc1ccc(Cn2c(C)c(C)c3ccnc(OCCC(C)C)c32)cc1. The van der Waals surface area contributed by atoms with E-state index in [-0.39, 0.29) is 0 Å². The monoisotopic (exact) mass is 336 g/mol. The molecular formula is C22H28N2O. The van der Waals surface area contributed by atoms with Crippen LogP contribution >= 0.6 is 0 Å². The van der Waals surface area contributed by atoms with Crippen LogP contribution in [0.2, 0.25) is 0 Å². The zero-order valence-electron chi connectivity index (χ0n) is 16.0. The Kier molecular flexibility index (Phi) is 5.12. The van der Waals surface area contributed by atoms with Gasteiger partial charge in [0.05, 0.1) is 6.61 Å². The summed E-state index contributed by atoms with van der Waals surface area (Å²) in [6, 6.07) is 10.8. The van der Waals surface area contributed by atoms with Gasteiger partial charge in [-0.15, -0.1) is 0 Å². The second kappa shape index (κ2) is 7.30. The van der Waals surface area contributed by atoms with Crippen molar-refractivity contribution in [1.29, 1.82) is 0 Å². The number of hydrogen-bond donors (Lipinski definition) is 0. The maximum absolute atomic E-state index is 6.06. The fourth-order valence-electron chi connectivity index (χ4n) is 3.13. The largest absolute Gasteiger partial charge is 0.476 e. The van der Waals surface area contributed by atoms with Crippen LogP contribution in [0.1, 0.15) is 42.7 Å². The molecule has 0 saturated heterocycles. The van der Waals surface area contributed by atoms with E-state index in [4.69, 9.17) is 4.74 Å². The van der Waals surface area contributed by atoms with Gasteiger partial charge in [-0.3, -0.25) is 0 Å². The van der Waals surface area contributed by atoms with Gasteiger partial charge in [0.2, 0.25) is 5.88 Å². The van der Waals surface area contributed by atoms with E-state index in [9.17, 15) is 0 Å². The van der Waals surface area contributed by atoms with Crippen LogP contribution in [0, 0.1) is 26.7 Å². The predicted molar refractivity (Wildman–Crippen MR) is 104 cm³/mol. The lowest BCUT2D eigenvalue weighted by atomic mass is 10.1. The topological polar surface area (TPSA) is 27.1 Å². The molecule has 0 radical (unpaired) electrons. The molecule has 0 unspecified atom stereocenters. The summed E-state index contributed by atoms with van der Waals surface area (Å²) in [5, 5.41) is 1.24. The molecule has 2 aromatic heterocycles. The van der Waals surface area contributed by atoms with Gasteiger partial charge in [-0.25, -0.2) is 4.98 Å². The third kappa shape index (κ3) is 3.71. The molecule has 0 atom stereocenters. The van der Waals surface area contributed by atoms with Gasteiger partial charge < -0.3 is 9.30 Å². The molecule has 0 amide bonds. The maximum Gasteiger partial charge on any atom is 0.238 e. The average Bonchev–Trinajstić information content (AvgIpc) is 2.82. The molecule has 2 heterocycles. The molecular weight excluding hydrogens is 308 g/mol. The van der Waals surface area contributed by atoms with Gasteiger partial charge in [-0.05, 0) is 50.3 Å². The van der Waals surface area contributed by atoms with E-state index in [0.29, 0.717) is 12.5 Å². The van der Waals surface area contributed by atoms with Crippen molar-refractivity contribution in [3.63, 3.8) is 0 Å². The van der Waals surface area contributed by atoms with E-state index in [1.165, 1.54) is 27.8 Å². The Labute approximate surface area is 150 Å². The van der Waals surface area contributed by atoms with Crippen LogP contribution in [0.3, 0.4) is 0 Å². The van der Waals surface area contributed by atoms with Gasteiger partial charge in [0, 0.05) is 23.8 Å². The number of aryl methyl sites for hydroxylation is 2. The number of fused-ring (bicyclic) bond motifs is 1. The molecule has 3 aromatic rings. The van der Waals surface area contributed by atoms with Gasteiger partial charge in [-0.2, -0.15) is 0 Å². The van der Waals surface area contributed by atoms with E-state index in [0.717, 1.165) is 24.4 Å². The van der Waals surface area contributed by atoms with Crippen molar-refractivity contribution >= 4 is 10.9 Å². The summed E-state index contributed by atoms with van der Waals surface area (Å²) in [6.07, 6.45) is 2.89. The second-order valence-corrected chi connectivity index (χ2v) is 7.33. The van der Waals surface area contributed by atoms with E-state index >= 15 is 0 Å². The van der Waals surface area contributed by atoms with E-state index < -0.39 is 0 Å². The lowest BCUT2D eigenvalue weighted by Gasteiger charge is -2.13. The number of nitrogens with zero attached hydrogens (tertiary/aromatic N) is 2. The predicted octanol–water partition coefficient (Wildman–Crippen LogP) is 5.43. The highest BCUT2D eigenvalue weighted by Gasteiger charge is 2.16. The van der Waals surface area contributed by atoms with Crippen molar-refractivity contribution < 1.29 is 4.74 Å². The number of hydrogen-bond acceptors (Lipinski definition) is 2. The number of benzene rings is 1. The minimum absolute atomic E-state index is 0.627. The Hall–Kier alpha value is -2.29. The number of pyridine rings is 1. The first kappa shape index (κ1) is 17.5. The average molecular weight is 336 g/mol. The molecule has 25 heavy (non-hydrogen) atoms. The molecule has 0 saturated carbocycles. The minimum Gasteiger partial charge on any atom is -0.476 e. The van der Waals surface area contributed by atoms with Gasteiger partial charge in [0.15, 0.2) is 0 Å². The summed E-state index contributed by atoms with van der Waals surface area (Å²) < 4.78 is 8.40. The standard InChI is InChI=1S/C22H28N2O/c1-15(2)11-13-25-22-21-20(10-12-23-22)17(4)18(5)24(21)14-19-8-6-16(3)7-9-19/h6-10,12,15H,11,13-14H2,1-5H3. The molecule has 3 rings (SSSR count). The smallest absolute Gasteiger partial charge is 0.238 e. The molecule has 0 fully saturated rings. The fourth-order valence-corrected chi connectivity index (χ4v) is 3.13. The first-order valence-corrected chi connectivity index (χ1v) is 9.10. The van der Waals surface area contributed by atoms with Gasteiger partial charge in [-0.1, -0.05) is 43.7 Å². The Bertz CT molecular complexity index is 860. The molecule has 0 spiro atoms. The summed E-state index contributed by atoms with van der Waals surface area (Å²) in [6.45, 7) is 12.5. The Morgan fingerprint density at radius 3 is 2.44 bits per heavy atom. The van der Waals surface area contributed by atoms with Crippen LogP contribution in [0.25, 0.3) is 10.9 Å². The molecule has 0 bridgehead atoms. The summed E-state index contributed by atoms with van der Waals surface area (Å²) in [5.74, 6) is 1.38. The molecule has 3 nitrogen and oxygen atoms in total. The zero-order chi connectivity index (χ0) is 18.0. The lowest BCUT2D eigenvalue weighted by molar-refractivity contribution is 0.281. The van der Waals surface area contributed by atoms with Gasteiger partial charge >= 0.3 is 0 Å². The molecule has 0 N–H and O–H groups in total. The van der Waals surface area contributed by atoms with Crippen molar-refractivity contribution in [2.75, 3.05) is 6.61 Å². The molecule has 0 aliphatic carbocycles. The van der Waals surface area contributed by atoms with Crippen molar-refractivity contribution in [2.24, 2.45) is 5.92 Å². The van der Waals surface area contributed by atoms with E-state index in [2.05, 4.69) is 74.5 Å². The molecule has 0 aliphatic rings. The van der Waals surface area contributed by atoms with Crippen molar-refractivity contribution in [3.8, 4) is 5.88 Å². The van der Waals surface area contributed by atoms with Crippen LogP contribution in [-0.2, 0) is 6.54 Å². The number of rotatable bonds is 6. The van der Waals surface area contributed by atoms with Crippen LogP contribution in [-0.4, -0.2) is 16.2 Å². The van der Waals surface area contributed by atoms with Gasteiger partial charge in [0.25, 0.3) is 0 Å². The fraction of sp³-hybridized carbons (Fsp3) is 0.409. The second-order valence-electron chi connectivity index (χ2n) is 7.33. The quantitative estimate of drug-likeness (QED) is 0.600. The Morgan fingerprint density at radius 2 is 1.76 bits per heavy atom. The minimum atomic E-state index is 0.627. The van der Waals surface area contributed by atoms with Crippen molar-refractivity contribution in [2.45, 2.75) is 47.6 Å². The summed E-state index contributed by atoms with van der Waals surface area (Å²) >= 11 is 0. The van der Waals surface area contributed by atoms with Crippen LogP contribution in [0.4, 0.5) is 0 Å². The zero-order valence-corrected chi connectivity index (χ0v) is 16.0. The molecule has 0 aliphatic heterocycles. The Morgan fingerprint density at radius 1 is 1.04 bits per heavy atom. The highest BCUT2D eigenvalue weighted by molar-refractivity contribution is 5.89. The van der Waals surface area contributed by atoms with Crippen LogP contribution < -0.4 is 4.74 Å². The van der Waals surface area contributed by atoms with Crippen molar-refractivity contribution in [1.82, 2.24) is 9.55 Å². The summed E-state index contributed by atoms with van der Waals surface area (Å²) in [4.78, 5) is 4.53.